The molecule has 0 saturated carbocycles. The molecule has 0 bridgehead atoms. The van der Waals surface area contributed by atoms with E-state index in [-0.39, 0.29) is 17.3 Å². The molecule has 3 aromatic rings. The van der Waals surface area contributed by atoms with Crippen LogP contribution in [-0.4, -0.2) is 44.3 Å². The van der Waals surface area contributed by atoms with Crippen LogP contribution in [0.1, 0.15) is 31.4 Å². The van der Waals surface area contributed by atoms with Crippen LogP contribution in [0.2, 0.25) is 5.02 Å². The molecule has 0 aliphatic rings. The summed E-state index contributed by atoms with van der Waals surface area (Å²) in [5.74, 6) is -1.37. The Balaban J connectivity index is 2.08. The van der Waals surface area contributed by atoms with Crippen LogP contribution < -0.4 is 9.62 Å². The monoisotopic (exact) mass is 559 g/mol. The van der Waals surface area contributed by atoms with E-state index in [4.69, 9.17) is 11.6 Å². The molecular weight excluding hydrogens is 529 g/mol. The Hall–Kier alpha value is -3.43. The predicted molar refractivity (Wildman–Crippen MR) is 147 cm³/mol. The average Bonchev–Trinajstić information content (AvgIpc) is 2.89. The van der Waals surface area contributed by atoms with E-state index in [0.29, 0.717) is 34.8 Å². The number of nitrogens with zero attached hydrogens (tertiary/aromatic N) is 2. The summed E-state index contributed by atoms with van der Waals surface area (Å²) in [7, 11) is -4.17. The summed E-state index contributed by atoms with van der Waals surface area (Å²) in [6, 6.07) is 17.3. The molecule has 1 N–H and O–H groups in total. The first-order valence-electron chi connectivity index (χ1n) is 12.2. The number of halogens is 2. The average molecular weight is 560 g/mol. The minimum atomic E-state index is -4.17. The van der Waals surface area contributed by atoms with Gasteiger partial charge in [-0.2, -0.15) is 0 Å². The fourth-order valence-corrected chi connectivity index (χ4v) is 5.86. The SMILES string of the molecule is CCNC(=O)[C@H](CC)N(Cc1ccc(F)cc1)C(=O)CN(c1ccc(Cl)cc1C)S(=O)(=O)c1ccccc1. The number of amides is 2. The van der Waals surface area contributed by atoms with Gasteiger partial charge in [-0.1, -0.05) is 48.9 Å². The summed E-state index contributed by atoms with van der Waals surface area (Å²) < 4.78 is 42.2. The van der Waals surface area contributed by atoms with Crippen molar-refractivity contribution in [2.24, 2.45) is 0 Å². The van der Waals surface area contributed by atoms with Gasteiger partial charge in [0, 0.05) is 18.1 Å². The van der Waals surface area contributed by atoms with E-state index in [1.165, 1.54) is 41.3 Å². The van der Waals surface area contributed by atoms with Crippen LogP contribution in [0.25, 0.3) is 0 Å². The van der Waals surface area contributed by atoms with Gasteiger partial charge in [-0.05, 0) is 73.9 Å². The number of rotatable bonds is 11. The zero-order valence-corrected chi connectivity index (χ0v) is 23.1. The fourth-order valence-electron chi connectivity index (χ4n) is 4.13. The highest BCUT2D eigenvalue weighted by atomic mass is 35.5. The van der Waals surface area contributed by atoms with Gasteiger partial charge >= 0.3 is 0 Å². The molecule has 1 atom stereocenters. The molecule has 2 amide bonds. The number of likely N-dealkylation sites (N-methyl/N-ethyl adjacent to an activating group) is 1. The summed E-state index contributed by atoms with van der Waals surface area (Å²) in [5, 5.41) is 3.17. The Morgan fingerprint density at radius 3 is 2.24 bits per heavy atom. The normalized spacial score (nSPS) is 12.0. The zero-order chi connectivity index (χ0) is 27.9. The van der Waals surface area contributed by atoms with Crippen molar-refractivity contribution >= 4 is 39.1 Å². The number of hydrogen-bond donors (Lipinski definition) is 1. The van der Waals surface area contributed by atoms with Crippen LogP contribution in [0.15, 0.2) is 77.7 Å². The van der Waals surface area contributed by atoms with Crippen molar-refractivity contribution in [3.05, 3.63) is 94.8 Å². The van der Waals surface area contributed by atoms with Crippen LogP contribution in [0.3, 0.4) is 0 Å². The maximum Gasteiger partial charge on any atom is 0.264 e. The number of carbonyl (C=O) groups is 2. The molecule has 7 nitrogen and oxygen atoms in total. The summed E-state index contributed by atoms with van der Waals surface area (Å²) in [6.45, 7) is 5.05. The molecule has 38 heavy (non-hydrogen) atoms. The molecule has 0 spiro atoms. The van der Waals surface area contributed by atoms with E-state index in [0.717, 1.165) is 4.31 Å². The summed E-state index contributed by atoms with van der Waals surface area (Å²) >= 11 is 6.12. The number of carbonyl (C=O) groups excluding carboxylic acids is 2. The van der Waals surface area contributed by atoms with Crippen molar-refractivity contribution in [1.82, 2.24) is 10.2 Å². The van der Waals surface area contributed by atoms with Crippen molar-refractivity contribution in [3.63, 3.8) is 0 Å². The fraction of sp³-hybridized carbons (Fsp3) is 0.286. The second-order valence-corrected chi connectivity index (χ2v) is 11.0. The molecule has 0 aliphatic heterocycles. The molecule has 0 radical (unpaired) electrons. The van der Waals surface area contributed by atoms with E-state index in [1.807, 2.05) is 0 Å². The highest BCUT2D eigenvalue weighted by Gasteiger charge is 2.34. The smallest absolute Gasteiger partial charge is 0.264 e. The largest absolute Gasteiger partial charge is 0.355 e. The van der Waals surface area contributed by atoms with Crippen molar-refractivity contribution in [2.75, 3.05) is 17.4 Å². The number of benzene rings is 3. The molecular formula is C28H31ClFN3O4S. The summed E-state index contributed by atoms with van der Waals surface area (Å²) in [5.41, 5.74) is 1.45. The van der Waals surface area contributed by atoms with Crippen LogP contribution in [0.4, 0.5) is 10.1 Å². The maximum absolute atomic E-state index is 13.9. The Morgan fingerprint density at radius 2 is 1.66 bits per heavy atom. The topological polar surface area (TPSA) is 86.8 Å². The number of hydrogen-bond acceptors (Lipinski definition) is 4. The minimum Gasteiger partial charge on any atom is -0.355 e. The lowest BCUT2D eigenvalue weighted by molar-refractivity contribution is -0.140. The number of sulfonamides is 1. The van der Waals surface area contributed by atoms with Gasteiger partial charge in [0.25, 0.3) is 10.0 Å². The highest BCUT2D eigenvalue weighted by molar-refractivity contribution is 7.92. The van der Waals surface area contributed by atoms with Crippen molar-refractivity contribution in [3.8, 4) is 0 Å². The third-order valence-corrected chi connectivity index (χ3v) is 8.05. The third-order valence-electron chi connectivity index (χ3n) is 6.04. The Bertz CT molecular complexity index is 1370. The molecule has 202 valence electrons. The molecule has 0 unspecified atom stereocenters. The molecule has 3 rings (SSSR count). The first-order chi connectivity index (χ1) is 18.1. The standard InChI is InChI=1S/C28H31ClFN3O4S/c1-4-25(28(35)31-5-2)32(18-21-11-14-23(30)15-12-21)27(34)19-33(26-16-13-22(29)17-20(26)3)38(36,37)24-9-7-6-8-10-24/h6-17,25H,4-5,18-19H2,1-3H3,(H,31,35)/t25-/m0/s1. The second-order valence-electron chi connectivity index (χ2n) is 8.72. The van der Waals surface area contributed by atoms with Crippen molar-refractivity contribution in [2.45, 2.75) is 44.7 Å². The van der Waals surface area contributed by atoms with Gasteiger partial charge in [0.1, 0.15) is 18.4 Å². The van der Waals surface area contributed by atoms with E-state index < -0.39 is 34.3 Å². The van der Waals surface area contributed by atoms with E-state index in [2.05, 4.69) is 5.32 Å². The van der Waals surface area contributed by atoms with Crippen molar-refractivity contribution < 1.29 is 22.4 Å². The van der Waals surface area contributed by atoms with Gasteiger partial charge in [0.2, 0.25) is 11.8 Å². The van der Waals surface area contributed by atoms with Crippen molar-refractivity contribution in [1.29, 1.82) is 0 Å². The predicted octanol–water partition coefficient (Wildman–Crippen LogP) is 4.93. The lowest BCUT2D eigenvalue weighted by atomic mass is 10.1. The van der Waals surface area contributed by atoms with Gasteiger partial charge in [-0.15, -0.1) is 0 Å². The first kappa shape index (κ1) is 29.1. The number of aryl methyl sites for hydroxylation is 1. The summed E-state index contributed by atoms with van der Waals surface area (Å²) in [6.07, 6.45) is 0.296. The molecule has 0 aliphatic carbocycles. The maximum atomic E-state index is 13.9. The lowest BCUT2D eigenvalue weighted by Gasteiger charge is -2.33. The highest BCUT2D eigenvalue weighted by Crippen LogP contribution is 2.29. The lowest BCUT2D eigenvalue weighted by Crippen LogP contribution is -2.52. The zero-order valence-electron chi connectivity index (χ0n) is 21.5. The van der Waals surface area contributed by atoms with Crippen LogP contribution in [-0.2, 0) is 26.2 Å². The molecule has 0 fully saturated rings. The molecule has 0 heterocycles. The van der Waals surface area contributed by atoms with Gasteiger partial charge in [-0.3, -0.25) is 13.9 Å². The van der Waals surface area contributed by atoms with Crippen LogP contribution in [0.5, 0.6) is 0 Å². The molecule has 10 heteroatoms. The quantitative estimate of drug-likeness (QED) is 0.361. The van der Waals surface area contributed by atoms with E-state index in [9.17, 15) is 22.4 Å². The van der Waals surface area contributed by atoms with Gasteiger partial charge in [0.05, 0.1) is 10.6 Å². The summed E-state index contributed by atoms with van der Waals surface area (Å²) in [4.78, 5) is 28.2. The van der Waals surface area contributed by atoms with Gasteiger partial charge in [-0.25, -0.2) is 12.8 Å². The second kappa shape index (κ2) is 12.9. The van der Waals surface area contributed by atoms with Crippen LogP contribution in [0, 0.1) is 12.7 Å². The Morgan fingerprint density at radius 1 is 1.00 bits per heavy atom. The number of nitrogens with one attached hydrogen (secondary N) is 1. The minimum absolute atomic E-state index is 0.00637. The first-order valence-corrected chi connectivity index (χ1v) is 14.1. The molecule has 0 aromatic heterocycles. The van der Waals surface area contributed by atoms with Gasteiger partial charge in [0.15, 0.2) is 0 Å². The molecule has 0 saturated heterocycles. The Kier molecular flexibility index (Phi) is 9.88. The molecule has 3 aromatic carbocycles. The van der Waals surface area contributed by atoms with E-state index in [1.54, 1.807) is 57.2 Å². The van der Waals surface area contributed by atoms with Crippen LogP contribution >= 0.6 is 11.6 Å². The van der Waals surface area contributed by atoms with E-state index >= 15 is 0 Å². The number of anilines is 1. The third kappa shape index (κ3) is 6.90. The Labute approximate surface area is 228 Å². The van der Waals surface area contributed by atoms with Gasteiger partial charge < -0.3 is 10.2 Å².